The Labute approximate surface area is 125 Å². The van der Waals surface area contributed by atoms with Crippen molar-refractivity contribution in [1.82, 2.24) is 16.0 Å². The van der Waals surface area contributed by atoms with E-state index in [1.54, 1.807) is 0 Å². The molecule has 0 bridgehead atoms. The summed E-state index contributed by atoms with van der Waals surface area (Å²) < 4.78 is 0. The molecule has 2 amide bonds. The number of carbonyl (C=O) groups is 2. The van der Waals surface area contributed by atoms with Crippen molar-refractivity contribution >= 4 is 11.8 Å². The summed E-state index contributed by atoms with van der Waals surface area (Å²) in [5.41, 5.74) is 2.48. The third kappa shape index (κ3) is 4.29. The van der Waals surface area contributed by atoms with E-state index in [4.69, 9.17) is 0 Å². The highest BCUT2D eigenvalue weighted by Crippen LogP contribution is 2.16. The van der Waals surface area contributed by atoms with E-state index in [1.807, 2.05) is 26.0 Å². The van der Waals surface area contributed by atoms with E-state index in [1.165, 1.54) is 11.1 Å². The first-order valence-corrected chi connectivity index (χ1v) is 7.43. The fourth-order valence-corrected chi connectivity index (χ4v) is 2.34. The van der Waals surface area contributed by atoms with Crippen LogP contribution in [0, 0.1) is 5.92 Å². The lowest BCUT2D eigenvalue weighted by atomic mass is 9.95. The van der Waals surface area contributed by atoms with Gasteiger partial charge in [0.05, 0.1) is 6.04 Å². The van der Waals surface area contributed by atoms with Crippen molar-refractivity contribution in [3.8, 4) is 0 Å². The van der Waals surface area contributed by atoms with Gasteiger partial charge in [-0.3, -0.25) is 9.59 Å². The zero-order valence-corrected chi connectivity index (χ0v) is 12.6. The average Bonchev–Trinajstić information content (AvgIpc) is 2.50. The number of hydrogen-bond donors (Lipinski definition) is 3. The molecule has 0 aromatic heterocycles. The third-order valence-electron chi connectivity index (χ3n) is 3.65. The van der Waals surface area contributed by atoms with Crippen LogP contribution in [-0.4, -0.2) is 30.9 Å². The van der Waals surface area contributed by atoms with E-state index in [0.29, 0.717) is 19.5 Å². The highest BCUT2D eigenvalue weighted by Gasteiger charge is 2.23. The van der Waals surface area contributed by atoms with E-state index in [-0.39, 0.29) is 23.8 Å². The molecule has 1 atom stereocenters. The lowest BCUT2D eigenvalue weighted by molar-refractivity contribution is -0.125. The summed E-state index contributed by atoms with van der Waals surface area (Å²) >= 11 is 0. The standard InChI is InChI=1S/C16H23N3O2/c1-11(2)15(20)17-7-8-18-16(21)14-9-12-5-3-4-6-13(12)10-19-14/h3-6,11,14,19H,7-10H2,1-2H3,(H,17,20)(H,18,21)/t14-/m1/s1. The van der Waals surface area contributed by atoms with Crippen LogP contribution in [0.4, 0.5) is 0 Å². The zero-order valence-electron chi connectivity index (χ0n) is 12.6. The lowest BCUT2D eigenvalue weighted by Crippen LogP contribution is -2.49. The van der Waals surface area contributed by atoms with Gasteiger partial charge in [0.25, 0.3) is 0 Å². The van der Waals surface area contributed by atoms with E-state index < -0.39 is 0 Å². The Bertz CT molecular complexity index is 514. The number of fused-ring (bicyclic) bond motifs is 1. The van der Waals surface area contributed by atoms with Crippen molar-refractivity contribution < 1.29 is 9.59 Å². The Hall–Kier alpha value is -1.88. The maximum absolute atomic E-state index is 12.1. The Morgan fingerprint density at radius 1 is 1.19 bits per heavy atom. The maximum Gasteiger partial charge on any atom is 0.237 e. The Morgan fingerprint density at radius 3 is 2.57 bits per heavy atom. The molecule has 1 aliphatic heterocycles. The summed E-state index contributed by atoms with van der Waals surface area (Å²) in [6, 6.07) is 7.97. The van der Waals surface area contributed by atoms with Crippen LogP contribution in [0.3, 0.4) is 0 Å². The molecule has 0 saturated carbocycles. The molecule has 0 saturated heterocycles. The molecule has 1 heterocycles. The lowest BCUT2D eigenvalue weighted by Gasteiger charge is -2.25. The highest BCUT2D eigenvalue weighted by molar-refractivity contribution is 5.82. The quantitative estimate of drug-likeness (QED) is 0.695. The van der Waals surface area contributed by atoms with Gasteiger partial charge in [-0.1, -0.05) is 38.1 Å². The maximum atomic E-state index is 12.1. The van der Waals surface area contributed by atoms with Crippen LogP contribution in [0.1, 0.15) is 25.0 Å². The van der Waals surface area contributed by atoms with Crippen molar-refractivity contribution in [2.75, 3.05) is 13.1 Å². The summed E-state index contributed by atoms with van der Waals surface area (Å²) in [5, 5.41) is 8.89. The molecule has 3 N–H and O–H groups in total. The van der Waals surface area contributed by atoms with Gasteiger partial charge in [-0.25, -0.2) is 0 Å². The number of hydrogen-bond acceptors (Lipinski definition) is 3. The van der Waals surface area contributed by atoms with Crippen molar-refractivity contribution in [3.05, 3.63) is 35.4 Å². The van der Waals surface area contributed by atoms with Crippen LogP contribution in [-0.2, 0) is 22.6 Å². The van der Waals surface area contributed by atoms with E-state index in [2.05, 4.69) is 28.1 Å². The van der Waals surface area contributed by atoms with Gasteiger partial charge in [-0.05, 0) is 17.5 Å². The first kappa shape index (κ1) is 15.5. The normalized spacial score (nSPS) is 17.2. The topological polar surface area (TPSA) is 70.2 Å². The smallest absolute Gasteiger partial charge is 0.237 e. The van der Waals surface area contributed by atoms with Gasteiger partial charge in [0.15, 0.2) is 0 Å². The van der Waals surface area contributed by atoms with Crippen LogP contribution < -0.4 is 16.0 Å². The summed E-state index contributed by atoms with van der Waals surface area (Å²) in [4.78, 5) is 23.5. The van der Waals surface area contributed by atoms with E-state index in [0.717, 1.165) is 6.54 Å². The minimum atomic E-state index is -0.194. The fraction of sp³-hybridized carbons (Fsp3) is 0.500. The van der Waals surface area contributed by atoms with E-state index >= 15 is 0 Å². The molecule has 5 heteroatoms. The molecule has 1 aromatic rings. The molecule has 2 rings (SSSR count). The van der Waals surface area contributed by atoms with Crippen LogP contribution in [0.2, 0.25) is 0 Å². The Kier molecular flexibility index (Phi) is 5.33. The predicted octanol–water partition coefficient (Wildman–Crippen LogP) is 0.589. The molecular weight excluding hydrogens is 266 g/mol. The second kappa shape index (κ2) is 7.22. The predicted molar refractivity (Wildman–Crippen MR) is 81.6 cm³/mol. The van der Waals surface area contributed by atoms with Crippen molar-refractivity contribution in [2.45, 2.75) is 32.9 Å². The largest absolute Gasteiger partial charge is 0.354 e. The van der Waals surface area contributed by atoms with Crippen molar-refractivity contribution in [3.63, 3.8) is 0 Å². The minimum absolute atomic E-state index is 0.00830. The molecule has 1 aromatic carbocycles. The second-order valence-electron chi connectivity index (χ2n) is 5.64. The zero-order chi connectivity index (χ0) is 15.2. The second-order valence-corrected chi connectivity index (χ2v) is 5.64. The Balaban J connectivity index is 1.74. The van der Waals surface area contributed by atoms with E-state index in [9.17, 15) is 9.59 Å². The summed E-state index contributed by atoms with van der Waals surface area (Å²) in [6.45, 7) is 5.33. The fourth-order valence-electron chi connectivity index (χ4n) is 2.34. The minimum Gasteiger partial charge on any atom is -0.354 e. The van der Waals surface area contributed by atoms with Crippen LogP contribution in [0.15, 0.2) is 24.3 Å². The monoisotopic (exact) mass is 289 g/mol. The number of amides is 2. The van der Waals surface area contributed by atoms with Crippen LogP contribution in [0.5, 0.6) is 0 Å². The average molecular weight is 289 g/mol. The van der Waals surface area contributed by atoms with Gasteiger partial charge in [0.1, 0.15) is 0 Å². The number of rotatable bonds is 5. The summed E-state index contributed by atoms with van der Waals surface area (Å²) in [7, 11) is 0. The SMILES string of the molecule is CC(C)C(=O)NCCNC(=O)[C@H]1Cc2ccccc2CN1. The first-order chi connectivity index (χ1) is 10.1. The molecule has 1 aliphatic rings. The number of carbonyl (C=O) groups excluding carboxylic acids is 2. The molecule has 0 aliphatic carbocycles. The molecule has 0 radical (unpaired) electrons. The number of benzene rings is 1. The van der Waals surface area contributed by atoms with Gasteiger partial charge in [-0.2, -0.15) is 0 Å². The summed E-state index contributed by atoms with van der Waals surface area (Å²) in [5.74, 6) is -0.0329. The number of nitrogens with one attached hydrogen (secondary N) is 3. The molecule has 114 valence electrons. The molecule has 21 heavy (non-hydrogen) atoms. The summed E-state index contributed by atoms with van der Waals surface area (Å²) in [6.07, 6.45) is 0.709. The molecular formula is C16H23N3O2. The third-order valence-corrected chi connectivity index (χ3v) is 3.65. The molecule has 0 fully saturated rings. The molecule has 5 nitrogen and oxygen atoms in total. The van der Waals surface area contributed by atoms with Gasteiger partial charge >= 0.3 is 0 Å². The van der Waals surface area contributed by atoms with Gasteiger partial charge in [0, 0.05) is 25.6 Å². The van der Waals surface area contributed by atoms with Gasteiger partial charge < -0.3 is 16.0 Å². The Morgan fingerprint density at radius 2 is 1.86 bits per heavy atom. The van der Waals surface area contributed by atoms with Crippen molar-refractivity contribution in [2.24, 2.45) is 5.92 Å². The van der Waals surface area contributed by atoms with Gasteiger partial charge in [-0.15, -0.1) is 0 Å². The highest BCUT2D eigenvalue weighted by atomic mass is 16.2. The van der Waals surface area contributed by atoms with Crippen LogP contribution in [0.25, 0.3) is 0 Å². The first-order valence-electron chi connectivity index (χ1n) is 7.43. The molecule has 0 unspecified atom stereocenters. The van der Waals surface area contributed by atoms with Gasteiger partial charge in [0.2, 0.25) is 11.8 Å². The van der Waals surface area contributed by atoms with Crippen molar-refractivity contribution in [1.29, 1.82) is 0 Å². The van der Waals surface area contributed by atoms with Crippen LogP contribution >= 0.6 is 0 Å². The molecule has 0 spiro atoms.